The molecule has 0 spiro atoms. The largest absolute Gasteiger partial charge is 0.507 e. The Labute approximate surface area is 240 Å². The van der Waals surface area contributed by atoms with Crippen LogP contribution in [0.5, 0.6) is 5.75 Å². The normalized spacial score (nSPS) is 28.2. The van der Waals surface area contributed by atoms with Crippen LogP contribution >= 0.6 is 0 Å². The molecule has 210 valence electrons. The maximum atomic E-state index is 14.0. The molecule has 7 rings (SSSR count). The number of nitrogen functional groups attached to an aromatic ring is 1. The Morgan fingerprint density at radius 1 is 1.07 bits per heavy atom. The molecule has 5 aliphatic rings. The molecule has 9 heteroatoms. The number of anilines is 2. The molecule has 5 N–H and O–H groups in total. The summed E-state index contributed by atoms with van der Waals surface area (Å²) >= 11 is 0. The summed E-state index contributed by atoms with van der Waals surface area (Å²) in [6.45, 7) is 8.25. The van der Waals surface area contributed by atoms with Gasteiger partial charge in [0.1, 0.15) is 17.9 Å². The van der Waals surface area contributed by atoms with E-state index >= 15 is 0 Å². The summed E-state index contributed by atoms with van der Waals surface area (Å²) in [5.41, 5.74) is 3.82. The molecular weight excluding hydrogens is 536 g/mol. The minimum atomic E-state index is -2.18. The number of nitrogens with two attached hydrogens (primary N) is 1. The highest BCUT2D eigenvalue weighted by molar-refractivity contribution is 6.73. The van der Waals surface area contributed by atoms with Gasteiger partial charge in [0, 0.05) is 22.4 Å². The number of ketones is 2. The van der Waals surface area contributed by atoms with Gasteiger partial charge in [-0.25, -0.2) is 0 Å². The number of aromatic hydroxyl groups is 1. The first-order valence-electron chi connectivity index (χ1n) is 14.0. The number of phenolic OH excluding ortho intramolecular Hbond substituents is 1. The molecule has 41 heavy (non-hydrogen) atoms. The second-order valence-electron chi connectivity index (χ2n) is 11.1. The van der Waals surface area contributed by atoms with Gasteiger partial charge >= 0.3 is 0 Å². The van der Waals surface area contributed by atoms with E-state index in [1.165, 1.54) is 18.2 Å². The highest BCUT2D eigenvalue weighted by Crippen LogP contribution is 2.61. The van der Waals surface area contributed by atoms with Gasteiger partial charge in [-0.1, -0.05) is 44.5 Å². The van der Waals surface area contributed by atoms with Crippen molar-refractivity contribution >= 4 is 31.3 Å². The van der Waals surface area contributed by atoms with Crippen LogP contribution in [0.1, 0.15) is 71.2 Å². The van der Waals surface area contributed by atoms with E-state index in [2.05, 4.69) is 49.8 Å². The number of ether oxygens (including phenoxy) is 1. The molecular formula is C32H32N2O6Si. The number of allylic oxidation sites excluding steroid dienone is 2. The predicted molar refractivity (Wildman–Crippen MR) is 157 cm³/mol. The van der Waals surface area contributed by atoms with Crippen molar-refractivity contribution in [1.82, 2.24) is 0 Å². The average molecular weight is 569 g/mol. The van der Waals surface area contributed by atoms with Gasteiger partial charge in [0.05, 0.1) is 22.9 Å². The van der Waals surface area contributed by atoms with Gasteiger partial charge in [-0.05, 0) is 61.5 Å². The van der Waals surface area contributed by atoms with Crippen LogP contribution in [0.15, 0.2) is 36.4 Å². The number of fused-ring (bicyclic) bond motifs is 2. The van der Waals surface area contributed by atoms with Crippen molar-refractivity contribution in [1.29, 1.82) is 0 Å². The van der Waals surface area contributed by atoms with Crippen LogP contribution in [0.25, 0.3) is 0 Å². The Hall–Kier alpha value is -3.86. The molecule has 0 radical (unpaired) electrons. The molecule has 8 nitrogen and oxygen atoms in total. The maximum absolute atomic E-state index is 14.0. The van der Waals surface area contributed by atoms with E-state index < -0.39 is 55.1 Å². The quantitative estimate of drug-likeness (QED) is 0.152. The van der Waals surface area contributed by atoms with Gasteiger partial charge in [0.25, 0.3) is 0 Å². The lowest BCUT2D eigenvalue weighted by Crippen LogP contribution is -2.79. The number of rotatable bonds is 6. The number of aliphatic hydroxyl groups is 1. The van der Waals surface area contributed by atoms with E-state index in [9.17, 15) is 19.8 Å². The highest BCUT2D eigenvalue weighted by atomic mass is 28.4. The van der Waals surface area contributed by atoms with Crippen LogP contribution in [0.2, 0.25) is 18.1 Å². The molecule has 2 aromatic rings. The summed E-state index contributed by atoms with van der Waals surface area (Å²) in [5.74, 6) is 10.7. The summed E-state index contributed by atoms with van der Waals surface area (Å²) in [7, 11) is -2.18. The van der Waals surface area contributed by atoms with Crippen LogP contribution in [0, 0.1) is 23.7 Å². The Bertz CT molecular complexity index is 1660. The third-order valence-electron chi connectivity index (χ3n) is 9.32. The van der Waals surface area contributed by atoms with Crippen LogP contribution in [-0.2, 0) is 9.16 Å². The first-order valence-corrected chi connectivity index (χ1v) is 16.5. The monoisotopic (exact) mass is 568 g/mol. The molecule has 2 aliphatic carbocycles. The van der Waals surface area contributed by atoms with Crippen LogP contribution in [0.3, 0.4) is 0 Å². The number of hydrogen-bond acceptors (Lipinski definition) is 8. The first-order chi connectivity index (χ1) is 19.6. The second kappa shape index (κ2) is 9.33. The number of benzene rings is 2. The summed E-state index contributed by atoms with van der Waals surface area (Å²) in [5, 5.41) is 27.0. The van der Waals surface area contributed by atoms with E-state index in [1.54, 1.807) is 18.2 Å². The predicted octanol–water partition coefficient (Wildman–Crippen LogP) is 4.07. The topological polar surface area (TPSA) is 131 Å². The second-order valence-corrected chi connectivity index (χ2v) is 15.8. The maximum Gasteiger partial charge on any atom is 0.198 e. The summed E-state index contributed by atoms with van der Waals surface area (Å²) in [6.07, 6.45) is 1.49. The van der Waals surface area contributed by atoms with Crippen molar-refractivity contribution in [2.75, 3.05) is 11.1 Å². The standard InChI is InChI=1S/C32H32N2O6Si/c1-5-41(6-2,7-3)40-18(4)32-24-12-10-8-9-11-15-31(32,38)30(39-32)22-17-23(35)25-26(27(22)34-24)28(36)20-14-13-19(33)16-21(20)29(25)37/h8-9,13-14,16-18,24,30,34-35,38H,5-7,33H2,1-4H3/b9-8-/t18-,24+,30-,31+,32+/m1/s1. The lowest BCUT2D eigenvalue weighted by atomic mass is 9.65. The molecule has 0 amide bonds. The van der Waals surface area contributed by atoms with Gasteiger partial charge in [0.2, 0.25) is 0 Å². The summed E-state index contributed by atoms with van der Waals surface area (Å²) < 4.78 is 13.5. The fraction of sp³-hybridized carbons (Fsp3) is 0.375. The van der Waals surface area contributed by atoms with E-state index in [4.69, 9.17) is 14.9 Å². The smallest absolute Gasteiger partial charge is 0.198 e. The molecule has 5 atom stereocenters. The first kappa shape index (κ1) is 27.3. The molecule has 3 heterocycles. The lowest BCUT2D eigenvalue weighted by molar-refractivity contribution is -0.352. The van der Waals surface area contributed by atoms with Crippen molar-refractivity contribution in [2.45, 2.75) is 75.3 Å². The van der Waals surface area contributed by atoms with Gasteiger partial charge in [-0.3, -0.25) is 9.59 Å². The molecule has 1 saturated heterocycles. The Morgan fingerprint density at radius 2 is 1.76 bits per heavy atom. The van der Waals surface area contributed by atoms with Crippen LogP contribution in [-0.4, -0.2) is 53.4 Å². The zero-order valence-electron chi connectivity index (χ0n) is 23.4. The molecule has 4 bridgehead atoms. The van der Waals surface area contributed by atoms with E-state index in [-0.39, 0.29) is 27.9 Å². The lowest BCUT2D eigenvalue weighted by Gasteiger charge is -2.61. The number of phenols is 1. The molecule has 0 saturated carbocycles. The minimum absolute atomic E-state index is 0.0104. The third-order valence-corrected chi connectivity index (χ3v) is 14.0. The Morgan fingerprint density at radius 3 is 2.46 bits per heavy atom. The zero-order valence-corrected chi connectivity index (χ0v) is 24.4. The Kier molecular flexibility index (Phi) is 6.22. The fourth-order valence-corrected chi connectivity index (χ4v) is 9.77. The average Bonchev–Trinajstić information content (AvgIpc) is 3.13. The summed E-state index contributed by atoms with van der Waals surface area (Å²) in [4.78, 5) is 27.6. The SMILES string of the molecule is CC[Si](CC)(CC)O[C@H](C)[C@]12O[C@@H]3c4cc(O)c5c(c4N[C@H]1C#C/C=C\C#C[C@]32O)C(=O)c1ccc(N)cc1C5=O. The van der Waals surface area contributed by atoms with E-state index in [0.717, 1.165) is 18.1 Å². The zero-order chi connectivity index (χ0) is 29.3. The minimum Gasteiger partial charge on any atom is -0.507 e. The van der Waals surface area contributed by atoms with Crippen LogP contribution in [0.4, 0.5) is 11.4 Å². The fourth-order valence-electron chi connectivity index (χ4n) is 6.85. The molecule has 1 fully saturated rings. The van der Waals surface area contributed by atoms with Gasteiger partial charge in [0.15, 0.2) is 31.1 Å². The third kappa shape index (κ3) is 3.54. The van der Waals surface area contributed by atoms with E-state index in [0.29, 0.717) is 11.3 Å². The molecule has 3 aliphatic heterocycles. The van der Waals surface area contributed by atoms with Gasteiger partial charge in [-0.15, -0.1) is 0 Å². The van der Waals surface area contributed by atoms with Crippen LogP contribution < -0.4 is 11.1 Å². The Balaban J connectivity index is 1.58. The van der Waals surface area contributed by atoms with Gasteiger partial charge in [-0.2, -0.15) is 0 Å². The highest BCUT2D eigenvalue weighted by Gasteiger charge is 2.75. The number of nitrogens with one attached hydrogen (secondary N) is 1. The van der Waals surface area contributed by atoms with Crippen molar-refractivity contribution < 1.29 is 29.0 Å². The number of carbonyl (C=O) groups excluding carboxylic acids is 2. The molecule has 0 aromatic heterocycles. The van der Waals surface area contributed by atoms with Crippen molar-refractivity contribution in [3.8, 4) is 29.4 Å². The summed E-state index contributed by atoms with van der Waals surface area (Å²) in [6, 6.07) is 7.68. The van der Waals surface area contributed by atoms with Crippen molar-refractivity contribution in [3.63, 3.8) is 0 Å². The number of carbonyl (C=O) groups is 2. The van der Waals surface area contributed by atoms with E-state index in [1.807, 2.05) is 6.92 Å². The van der Waals surface area contributed by atoms with Crippen molar-refractivity contribution in [2.24, 2.45) is 0 Å². The molecule has 2 aromatic carbocycles. The van der Waals surface area contributed by atoms with Crippen molar-refractivity contribution in [3.05, 3.63) is 64.2 Å². The van der Waals surface area contributed by atoms with Gasteiger partial charge < -0.3 is 30.4 Å². The molecule has 0 unspecified atom stereocenters. The number of hydrogen-bond donors (Lipinski definition) is 4.